The lowest BCUT2D eigenvalue weighted by atomic mass is 9.77. The average Bonchev–Trinajstić information content (AvgIpc) is 2.77. The smallest absolute Gasteiger partial charge is 0.400 e. The molecule has 1 heterocycles. The lowest BCUT2D eigenvalue weighted by Crippen LogP contribution is -2.41. The molecule has 1 aliphatic heterocycles. The lowest BCUT2D eigenvalue weighted by molar-refractivity contribution is -0.118. The highest BCUT2D eigenvalue weighted by Crippen LogP contribution is 2.38. The number of hydrogen-bond donors (Lipinski definition) is 2. The number of carbonyl (C=O) groups is 1. The Morgan fingerprint density at radius 3 is 2.42 bits per heavy atom. The topological polar surface area (TPSA) is 59.6 Å². The molecular weight excluding hydrogens is 327 g/mol. The molecule has 0 bridgehead atoms. The first-order valence-electron chi connectivity index (χ1n) is 9.25. The summed E-state index contributed by atoms with van der Waals surface area (Å²) in [4.78, 5) is 11.4. The van der Waals surface area contributed by atoms with E-state index in [1.54, 1.807) is 0 Å². The van der Waals surface area contributed by atoms with Crippen molar-refractivity contribution in [3.63, 3.8) is 0 Å². The molecule has 26 heavy (non-hydrogen) atoms. The van der Waals surface area contributed by atoms with Gasteiger partial charge in [0.15, 0.2) is 0 Å². The van der Waals surface area contributed by atoms with Gasteiger partial charge in [-0.1, -0.05) is 37.3 Å². The van der Waals surface area contributed by atoms with E-state index in [1.165, 1.54) is 12.5 Å². The van der Waals surface area contributed by atoms with Gasteiger partial charge in [0, 0.05) is 20.0 Å². The fraction of sp³-hybridized carbons (Fsp3) is 0.550. The standard InChI is InChI=1S/C20H31BN2O3/c1-7-22-13-17-10-8-9-16(11-17)12-18(14-23-15(2)24)21-25-19(3,4)20(5,6)26-21/h8-12,22H,7,13-14H2,1-6H3,(H,23,24). The molecule has 1 saturated heterocycles. The van der Waals surface area contributed by atoms with E-state index in [-0.39, 0.29) is 5.91 Å². The third-order valence-electron chi connectivity index (χ3n) is 4.98. The number of benzene rings is 1. The normalized spacial score (nSPS) is 18.8. The minimum atomic E-state index is -0.482. The third-order valence-corrected chi connectivity index (χ3v) is 4.98. The number of rotatable bonds is 7. The van der Waals surface area contributed by atoms with Gasteiger partial charge in [-0.15, -0.1) is 0 Å². The Kier molecular flexibility index (Phi) is 6.66. The van der Waals surface area contributed by atoms with E-state index in [0.29, 0.717) is 6.54 Å². The Morgan fingerprint density at radius 2 is 1.85 bits per heavy atom. The van der Waals surface area contributed by atoms with E-state index < -0.39 is 18.3 Å². The quantitative estimate of drug-likeness (QED) is 0.736. The molecule has 0 aromatic heterocycles. The Bertz CT molecular complexity index is 655. The second-order valence-electron chi connectivity index (χ2n) is 7.74. The predicted octanol–water partition coefficient (Wildman–Crippen LogP) is 2.95. The zero-order valence-corrected chi connectivity index (χ0v) is 16.8. The van der Waals surface area contributed by atoms with Gasteiger partial charge in [-0.05, 0) is 50.8 Å². The Labute approximate surface area is 157 Å². The van der Waals surface area contributed by atoms with E-state index in [1.807, 2.05) is 39.8 Å². The van der Waals surface area contributed by atoms with Crippen molar-refractivity contribution in [3.05, 3.63) is 40.9 Å². The fourth-order valence-corrected chi connectivity index (χ4v) is 2.70. The second kappa shape index (κ2) is 8.38. The van der Waals surface area contributed by atoms with Crippen LogP contribution in [0.2, 0.25) is 0 Å². The zero-order chi connectivity index (χ0) is 19.4. The van der Waals surface area contributed by atoms with E-state index in [4.69, 9.17) is 9.31 Å². The molecule has 1 fully saturated rings. The Hall–Kier alpha value is -1.63. The van der Waals surface area contributed by atoms with Crippen molar-refractivity contribution in [1.82, 2.24) is 10.6 Å². The number of carbonyl (C=O) groups excluding carboxylic acids is 1. The minimum absolute atomic E-state index is 0.0756. The molecule has 0 aliphatic carbocycles. The first kappa shape index (κ1) is 20.7. The van der Waals surface area contributed by atoms with Crippen molar-refractivity contribution in [1.29, 1.82) is 0 Å². The summed E-state index contributed by atoms with van der Waals surface area (Å²) in [5, 5.41) is 6.20. The highest BCUT2D eigenvalue weighted by molar-refractivity contribution is 6.56. The molecule has 0 radical (unpaired) electrons. The molecule has 1 amide bonds. The molecule has 1 aliphatic rings. The van der Waals surface area contributed by atoms with Crippen LogP contribution in [0.3, 0.4) is 0 Å². The van der Waals surface area contributed by atoms with Crippen LogP contribution in [-0.4, -0.2) is 37.3 Å². The van der Waals surface area contributed by atoms with Gasteiger partial charge in [-0.25, -0.2) is 0 Å². The number of amides is 1. The summed E-state index contributed by atoms with van der Waals surface area (Å²) in [6, 6.07) is 8.33. The largest absolute Gasteiger partial charge is 0.492 e. The second-order valence-corrected chi connectivity index (χ2v) is 7.74. The molecule has 2 rings (SSSR count). The van der Waals surface area contributed by atoms with E-state index in [0.717, 1.165) is 24.1 Å². The van der Waals surface area contributed by atoms with Crippen molar-refractivity contribution in [2.45, 2.75) is 59.3 Å². The zero-order valence-electron chi connectivity index (χ0n) is 16.8. The molecule has 0 spiro atoms. The van der Waals surface area contributed by atoms with Gasteiger partial charge in [0.05, 0.1) is 11.2 Å². The van der Waals surface area contributed by atoms with Gasteiger partial charge < -0.3 is 19.9 Å². The van der Waals surface area contributed by atoms with Crippen molar-refractivity contribution in [3.8, 4) is 0 Å². The van der Waals surface area contributed by atoms with Crippen molar-refractivity contribution in [2.24, 2.45) is 0 Å². The summed E-state index contributed by atoms with van der Waals surface area (Å²) in [6.07, 6.45) is 2.05. The predicted molar refractivity (Wildman–Crippen MR) is 107 cm³/mol. The van der Waals surface area contributed by atoms with Gasteiger partial charge in [-0.3, -0.25) is 4.79 Å². The molecule has 1 aromatic rings. The van der Waals surface area contributed by atoms with Crippen LogP contribution in [0.1, 0.15) is 52.7 Å². The van der Waals surface area contributed by atoms with E-state index in [9.17, 15) is 4.79 Å². The summed E-state index contributed by atoms with van der Waals surface area (Å²) in [5.74, 6) is -0.0756. The van der Waals surface area contributed by atoms with Crippen LogP contribution in [0.4, 0.5) is 0 Å². The van der Waals surface area contributed by atoms with Crippen LogP contribution in [-0.2, 0) is 20.6 Å². The maximum absolute atomic E-state index is 11.4. The maximum Gasteiger partial charge on any atom is 0.492 e. The Balaban J connectivity index is 2.27. The Morgan fingerprint density at radius 1 is 1.19 bits per heavy atom. The van der Waals surface area contributed by atoms with E-state index >= 15 is 0 Å². The van der Waals surface area contributed by atoms with Gasteiger partial charge in [0.25, 0.3) is 0 Å². The molecule has 2 N–H and O–H groups in total. The summed E-state index contributed by atoms with van der Waals surface area (Å²) in [5.41, 5.74) is 2.35. The minimum Gasteiger partial charge on any atom is -0.400 e. The summed E-state index contributed by atoms with van der Waals surface area (Å²) < 4.78 is 12.3. The van der Waals surface area contributed by atoms with Gasteiger partial charge in [0.2, 0.25) is 5.91 Å². The summed E-state index contributed by atoms with van der Waals surface area (Å²) >= 11 is 0. The van der Waals surface area contributed by atoms with Crippen LogP contribution < -0.4 is 10.6 Å². The van der Waals surface area contributed by atoms with Gasteiger partial charge in [-0.2, -0.15) is 0 Å². The van der Waals surface area contributed by atoms with Crippen LogP contribution in [0.5, 0.6) is 0 Å². The molecule has 6 heteroatoms. The molecule has 0 atom stereocenters. The first-order valence-corrected chi connectivity index (χ1v) is 9.25. The maximum atomic E-state index is 11.4. The van der Waals surface area contributed by atoms with Crippen molar-refractivity contribution in [2.75, 3.05) is 13.1 Å². The molecular formula is C20H31BN2O3. The van der Waals surface area contributed by atoms with Crippen molar-refractivity contribution < 1.29 is 14.1 Å². The monoisotopic (exact) mass is 358 g/mol. The van der Waals surface area contributed by atoms with Crippen LogP contribution in [0, 0.1) is 0 Å². The summed E-state index contributed by atoms with van der Waals surface area (Å²) in [7, 11) is -0.482. The van der Waals surface area contributed by atoms with Gasteiger partial charge in [0.1, 0.15) is 0 Å². The molecule has 1 aromatic carbocycles. The van der Waals surface area contributed by atoms with Gasteiger partial charge >= 0.3 is 7.12 Å². The lowest BCUT2D eigenvalue weighted by Gasteiger charge is -2.32. The molecule has 0 unspecified atom stereocenters. The highest BCUT2D eigenvalue weighted by atomic mass is 16.7. The van der Waals surface area contributed by atoms with Crippen molar-refractivity contribution >= 4 is 19.1 Å². The molecule has 0 saturated carbocycles. The summed E-state index contributed by atoms with van der Waals surface area (Å²) in [6.45, 7) is 13.9. The average molecular weight is 358 g/mol. The van der Waals surface area contributed by atoms with Crippen LogP contribution in [0.15, 0.2) is 29.7 Å². The first-order chi connectivity index (χ1) is 12.1. The molecule has 142 valence electrons. The highest BCUT2D eigenvalue weighted by Gasteiger charge is 2.52. The number of hydrogen-bond acceptors (Lipinski definition) is 4. The van der Waals surface area contributed by atoms with Crippen LogP contribution in [0.25, 0.3) is 6.08 Å². The van der Waals surface area contributed by atoms with E-state index in [2.05, 4.69) is 35.8 Å². The molecule has 5 nitrogen and oxygen atoms in total. The third kappa shape index (κ3) is 5.19. The SMILES string of the molecule is CCNCc1cccc(C=C(CNC(C)=O)B2OC(C)(C)C(C)(C)O2)c1. The number of nitrogens with one attached hydrogen (secondary N) is 2. The fourth-order valence-electron chi connectivity index (χ4n) is 2.70. The van der Waals surface area contributed by atoms with Crippen LogP contribution >= 0.6 is 0 Å².